The molecule has 0 spiro atoms. The average molecular weight is 371 g/mol. The van der Waals surface area contributed by atoms with Gasteiger partial charge >= 0.3 is 29.6 Å². The van der Waals surface area contributed by atoms with Crippen LogP contribution in [0.3, 0.4) is 0 Å². The van der Waals surface area contributed by atoms with E-state index in [9.17, 15) is 18.3 Å². The molecular formula is C15H11F3N6NaO+. The summed E-state index contributed by atoms with van der Waals surface area (Å²) >= 11 is 0. The van der Waals surface area contributed by atoms with Gasteiger partial charge in [-0.05, 0) is 11.6 Å². The number of nitrogens with two attached hydrogens (primary N) is 1. The molecule has 1 aliphatic rings. The van der Waals surface area contributed by atoms with Crippen molar-refractivity contribution in [2.75, 3.05) is 19.1 Å². The van der Waals surface area contributed by atoms with E-state index in [4.69, 9.17) is 5.73 Å². The van der Waals surface area contributed by atoms with E-state index in [1.807, 2.05) is 0 Å². The first-order valence-electron chi connectivity index (χ1n) is 7.32. The summed E-state index contributed by atoms with van der Waals surface area (Å²) in [6.45, 7) is -1.82. The summed E-state index contributed by atoms with van der Waals surface area (Å²) < 4.78 is 42.4. The Bertz CT molecular complexity index is 1030. The standard InChI is InChI=1S/C15H11F3N6O.Na/c16-4-8(5-17)24-11-3-7(1-2-10(11)21-24)12-9(18)6-23-13(12)14(25)20-15(19)22-23;/h1-3,6,8H,4-5H2,(H2-,19,20,21,22,25);/q;+1. The van der Waals surface area contributed by atoms with Crippen molar-refractivity contribution in [2.45, 2.75) is 6.04 Å². The van der Waals surface area contributed by atoms with E-state index in [2.05, 4.69) is 15.2 Å². The average Bonchev–Trinajstić information content (AvgIpc) is 2.89. The van der Waals surface area contributed by atoms with Crippen molar-refractivity contribution in [1.82, 2.24) is 14.6 Å². The van der Waals surface area contributed by atoms with Crippen LogP contribution in [0, 0.1) is 5.82 Å². The van der Waals surface area contributed by atoms with Gasteiger partial charge in [-0.3, -0.25) is 0 Å². The molecule has 7 nitrogen and oxygen atoms in total. The second kappa shape index (κ2) is 6.86. The molecule has 26 heavy (non-hydrogen) atoms. The fourth-order valence-corrected chi connectivity index (χ4v) is 2.83. The van der Waals surface area contributed by atoms with Crippen LogP contribution in [0.4, 0.5) is 30.5 Å². The number of aromatic nitrogens is 3. The fourth-order valence-electron chi connectivity index (χ4n) is 2.83. The minimum atomic E-state index is -1.03. The van der Waals surface area contributed by atoms with Crippen molar-refractivity contribution < 1.29 is 52.5 Å². The molecule has 0 saturated heterocycles. The molecule has 1 aliphatic heterocycles. The first kappa shape index (κ1) is 18.6. The van der Waals surface area contributed by atoms with Gasteiger partial charge in [0.1, 0.15) is 0 Å². The van der Waals surface area contributed by atoms with Gasteiger partial charge < -0.3 is 10.8 Å². The third-order valence-corrected chi connectivity index (χ3v) is 4.00. The summed E-state index contributed by atoms with van der Waals surface area (Å²) in [5, 5.41) is 19.9. The van der Waals surface area contributed by atoms with Crippen LogP contribution >= 0.6 is 0 Å². The summed E-state index contributed by atoms with van der Waals surface area (Å²) in [4.78, 5) is 3.52. The topological polar surface area (TPSA) is 94.6 Å². The van der Waals surface area contributed by atoms with E-state index in [1.165, 1.54) is 10.8 Å². The summed E-state index contributed by atoms with van der Waals surface area (Å²) in [7, 11) is 0. The Morgan fingerprint density at radius 2 is 2.00 bits per heavy atom. The van der Waals surface area contributed by atoms with Gasteiger partial charge in [-0.15, -0.1) is 5.10 Å². The van der Waals surface area contributed by atoms with Gasteiger partial charge in [0.2, 0.25) is 17.7 Å². The van der Waals surface area contributed by atoms with E-state index >= 15 is 0 Å². The van der Waals surface area contributed by atoms with Crippen LogP contribution in [-0.4, -0.2) is 38.7 Å². The minimum absolute atomic E-state index is 0. The molecule has 0 aliphatic carbocycles. The molecule has 0 atom stereocenters. The third kappa shape index (κ3) is 2.74. The molecule has 0 saturated carbocycles. The first-order chi connectivity index (χ1) is 12.0. The van der Waals surface area contributed by atoms with Crippen molar-refractivity contribution in [3.05, 3.63) is 30.2 Å². The van der Waals surface area contributed by atoms with Gasteiger partial charge in [0.05, 0.1) is 11.7 Å². The van der Waals surface area contributed by atoms with Crippen LogP contribution in [0.2, 0.25) is 0 Å². The molecule has 11 heteroatoms. The molecule has 3 heterocycles. The number of rotatable bonds is 4. The number of nitrogen functional groups attached to an aromatic ring is 1. The number of nitrogens with zero attached hydrogens (tertiary/aromatic N) is 5. The molecule has 0 amide bonds. The maximum Gasteiger partial charge on any atom is 1.00 e. The molecule has 3 aromatic rings. The van der Waals surface area contributed by atoms with Crippen LogP contribution in [-0.2, 0) is 0 Å². The van der Waals surface area contributed by atoms with Crippen molar-refractivity contribution in [3.63, 3.8) is 0 Å². The minimum Gasteiger partial charge on any atom is -0.857 e. The number of anilines is 1. The monoisotopic (exact) mass is 371 g/mol. The molecule has 4 rings (SSSR count). The molecule has 2 aromatic heterocycles. The predicted molar refractivity (Wildman–Crippen MR) is 80.0 cm³/mol. The summed E-state index contributed by atoms with van der Waals surface area (Å²) in [6.07, 6.45) is 1.03. The normalized spacial score (nSPS) is 12.5. The van der Waals surface area contributed by atoms with Crippen molar-refractivity contribution in [2.24, 2.45) is 5.11 Å². The number of hydrogen-bond acceptors (Lipinski definition) is 5. The van der Waals surface area contributed by atoms with Crippen molar-refractivity contribution >= 4 is 22.8 Å². The van der Waals surface area contributed by atoms with Crippen LogP contribution in [0.15, 0.2) is 29.5 Å². The molecule has 0 bridgehead atoms. The van der Waals surface area contributed by atoms with Crippen molar-refractivity contribution in [1.29, 1.82) is 0 Å². The quantitative estimate of drug-likeness (QED) is 0.482. The zero-order valence-corrected chi connectivity index (χ0v) is 15.7. The van der Waals surface area contributed by atoms with Crippen LogP contribution in [0.25, 0.3) is 16.6 Å². The number of alkyl halides is 2. The second-order valence-electron chi connectivity index (χ2n) is 5.53. The summed E-state index contributed by atoms with van der Waals surface area (Å²) in [6, 6.07) is 3.64. The number of hydrogen-bond donors (Lipinski definition) is 1. The smallest absolute Gasteiger partial charge is 0.857 e. The molecule has 1 aromatic carbocycles. The Kier molecular flexibility index (Phi) is 4.91. The Hall–Kier alpha value is -2.17. The van der Waals surface area contributed by atoms with Crippen LogP contribution in [0.5, 0.6) is 5.88 Å². The first-order valence-corrected chi connectivity index (χ1v) is 7.32. The van der Waals surface area contributed by atoms with Crippen LogP contribution in [0.1, 0.15) is 0 Å². The number of benzene rings is 1. The Morgan fingerprint density at radius 3 is 2.69 bits per heavy atom. The molecule has 2 N–H and O–H groups in total. The second-order valence-corrected chi connectivity index (χ2v) is 5.53. The molecule has 128 valence electrons. The number of halogens is 3. The zero-order valence-electron chi connectivity index (χ0n) is 13.7. The van der Waals surface area contributed by atoms with Gasteiger partial charge in [-0.1, -0.05) is 10.8 Å². The van der Waals surface area contributed by atoms with Crippen LogP contribution < -0.4 is 40.4 Å². The number of fused-ring (bicyclic) bond motifs is 2. The van der Waals surface area contributed by atoms with E-state index in [0.29, 0.717) is 16.9 Å². The fraction of sp³-hybridized carbons (Fsp3) is 0.200. The Labute approximate surface area is 167 Å². The molecule has 0 unspecified atom stereocenters. The van der Waals surface area contributed by atoms with Gasteiger partial charge in [0.25, 0.3) is 5.69 Å². The van der Waals surface area contributed by atoms with E-state index < -0.39 is 31.1 Å². The molecule has 0 fully saturated rings. The summed E-state index contributed by atoms with van der Waals surface area (Å²) in [5.41, 5.74) is 6.67. The van der Waals surface area contributed by atoms with E-state index in [1.54, 1.807) is 12.1 Å². The zero-order chi connectivity index (χ0) is 17.7. The van der Waals surface area contributed by atoms with Gasteiger partial charge in [0, 0.05) is 22.6 Å². The predicted octanol–water partition coefficient (Wildman–Crippen LogP) is -0.756. The number of azo groups is 2. The SMILES string of the molecule is Nc1nc([O-])c2c(-c3ccc4c(c3)[N+](C(CF)CF)=N4)c(F)cn2n1.[Na+]. The summed E-state index contributed by atoms with van der Waals surface area (Å²) in [5.74, 6) is -1.68. The van der Waals surface area contributed by atoms with E-state index in [0.717, 1.165) is 10.7 Å². The molecule has 0 radical (unpaired) electrons. The van der Waals surface area contributed by atoms with Gasteiger partial charge in [-0.25, -0.2) is 22.7 Å². The van der Waals surface area contributed by atoms with E-state index in [-0.39, 0.29) is 46.6 Å². The molecular weight excluding hydrogens is 360 g/mol. The Morgan fingerprint density at radius 1 is 1.27 bits per heavy atom. The van der Waals surface area contributed by atoms with Gasteiger partial charge in [0.15, 0.2) is 19.2 Å². The van der Waals surface area contributed by atoms with Gasteiger partial charge in [-0.2, -0.15) is 0 Å². The largest absolute Gasteiger partial charge is 1.00 e. The maximum absolute atomic E-state index is 14.4. The maximum atomic E-state index is 14.4. The van der Waals surface area contributed by atoms with Crippen molar-refractivity contribution in [3.8, 4) is 17.0 Å². The Balaban J connectivity index is 0.00000196. The third-order valence-electron chi connectivity index (χ3n) is 4.00.